The highest BCUT2D eigenvalue weighted by Gasteiger charge is 2.19. The van der Waals surface area contributed by atoms with Crippen molar-refractivity contribution in [3.63, 3.8) is 0 Å². The van der Waals surface area contributed by atoms with E-state index in [1.54, 1.807) is 13.1 Å². The highest BCUT2D eigenvalue weighted by Crippen LogP contribution is 2.29. The topological polar surface area (TPSA) is 64.7 Å². The van der Waals surface area contributed by atoms with Gasteiger partial charge in [0.25, 0.3) is 5.91 Å². The van der Waals surface area contributed by atoms with Crippen LogP contribution in [-0.4, -0.2) is 25.2 Å². The predicted molar refractivity (Wildman–Crippen MR) is 117 cm³/mol. The van der Waals surface area contributed by atoms with Gasteiger partial charge in [0, 0.05) is 37.3 Å². The molecule has 3 heterocycles. The van der Waals surface area contributed by atoms with Gasteiger partial charge in [0.2, 0.25) is 0 Å². The first kappa shape index (κ1) is 20.1. The minimum atomic E-state index is -0.962. The van der Waals surface area contributed by atoms with E-state index < -0.39 is 11.6 Å². The quantitative estimate of drug-likeness (QED) is 0.502. The van der Waals surface area contributed by atoms with Crippen molar-refractivity contribution >= 4 is 11.6 Å². The third-order valence-electron chi connectivity index (χ3n) is 5.69. The molecule has 0 aliphatic carbocycles. The fourth-order valence-electron chi connectivity index (χ4n) is 4.02. The number of rotatable bonds is 4. The Morgan fingerprint density at radius 2 is 1.88 bits per heavy atom. The molecule has 4 aromatic rings. The molecule has 1 aliphatic heterocycles. The lowest BCUT2D eigenvalue weighted by atomic mass is 10.1. The number of amides is 1. The molecule has 162 valence electrons. The normalized spacial score (nSPS) is 13.1. The van der Waals surface area contributed by atoms with E-state index in [2.05, 4.69) is 15.0 Å². The third-order valence-corrected chi connectivity index (χ3v) is 5.69. The Labute approximate surface area is 183 Å². The number of carbonyl (C=O) groups is 1. The molecule has 0 fully saturated rings. The smallest absolute Gasteiger partial charge is 0.273 e. The first-order valence-electron chi connectivity index (χ1n) is 10.5. The second-order valence-electron chi connectivity index (χ2n) is 7.86. The maximum Gasteiger partial charge on any atom is 0.273 e. The summed E-state index contributed by atoms with van der Waals surface area (Å²) in [6.07, 6.45) is 5.26. The van der Waals surface area contributed by atoms with Crippen LogP contribution in [-0.2, 0) is 20.0 Å². The van der Waals surface area contributed by atoms with E-state index in [0.717, 1.165) is 55.0 Å². The zero-order valence-corrected chi connectivity index (χ0v) is 17.5. The Hall–Kier alpha value is -3.81. The Bertz CT molecular complexity index is 1300. The van der Waals surface area contributed by atoms with Gasteiger partial charge in [-0.1, -0.05) is 18.2 Å². The van der Waals surface area contributed by atoms with Crippen LogP contribution in [0, 0.1) is 11.6 Å². The van der Waals surface area contributed by atoms with E-state index in [1.165, 1.54) is 10.7 Å². The molecule has 0 radical (unpaired) electrons. The van der Waals surface area contributed by atoms with Crippen LogP contribution < -0.4 is 5.32 Å². The highest BCUT2D eigenvalue weighted by molar-refractivity contribution is 6.05. The van der Waals surface area contributed by atoms with Gasteiger partial charge in [0.1, 0.15) is 11.5 Å². The van der Waals surface area contributed by atoms with Crippen LogP contribution >= 0.6 is 0 Å². The van der Waals surface area contributed by atoms with E-state index in [1.807, 2.05) is 30.5 Å². The molecule has 0 spiro atoms. The van der Waals surface area contributed by atoms with Gasteiger partial charge >= 0.3 is 0 Å². The first-order chi connectivity index (χ1) is 15.5. The summed E-state index contributed by atoms with van der Waals surface area (Å²) in [4.78, 5) is 17.8. The molecule has 1 aliphatic rings. The molecule has 0 atom stereocenters. The van der Waals surface area contributed by atoms with Crippen LogP contribution in [0.3, 0.4) is 0 Å². The van der Waals surface area contributed by atoms with Crippen molar-refractivity contribution in [3.8, 4) is 22.5 Å². The summed E-state index contributed by atoms with van der Waals surface area (Å²) in [5.41, 5.74) is 3.37. The minimum Gasteiger partial charge on any atom is -0.334 e. The van der Waals surface area contributed by atoms with Crippen LogP contribution in [0.15, 0.2) is 54.7 Å². The molecule has 0 saturated heterocycles. The van der Waals surface area contributed by atoms with Crippen molar-refractivity contribution in [1.29, 1.82) is 0 Å². The van der Waals surface area contributed by atoms with Gasteiger partial charge in [0.05, 0.1) is 17.1 Å². The maximum atomic E-state index is 13.6. The second-order valence-corrected chi connectivity index (χ2v) is 7.86. The fraction of sp³-hybridized carbons (Fsp3) is 0.208. The molecule has 1 N–H and O–H groups in total. The Balaban J connectivity index is 1.43. The average Bonchev–Trinajstić information content (AvgIpc) is 3.39. The van der Waals surface area contributed by atoms with E-state index >= 15 is 0 Å². The van der Waals surface area contributed by atoms with Crippen molar-refractivity contribution in [1.82, 2.24) is 19.3 Å². The molecule has 32 heavy (non-hydrogen) atoms. The van der Waals surface area contributed by atoms with Gasteiger partial charge in [0.15, 0.2) is 11.6 Å². The molecule has 0 saturated carbocycles. The Morgan fingerprint density at radius 3 is 2.69 bits per heavy atom. The Morgan fingerprint density at radius 1 is 1.03 bits per heavy atom. The number of benzene rings is 2. The molecule has 2 aromatic heterocycles. The van der Waals surface area contributed by atoms with Gasteiger partial charge in [-0.25, -0.2) is 13.8 Å². The van der Waals surface area contributed by atoms with Crippen LogP contribution in [0.1, 0.15) is 29.2 Å². The molecular weight excluding hydrogens is 412 g/mol. The number of hydrogen-bond acceptors (Lipinski definition) is 3. The van der Waals surface area contributed by atoms with Crippen LogP contribution in [0.4, 0.5) is 14.5 Å². The van der Waals surface area contributed by atoms with Crippen LogP contribution in [0.2, 0.25) is 0 Å². The summed E-state index contributed by atoms with van der Waals surface area (Å²) in [6.45, 7) is 0.957. The standard InChI is InChI=1S/C24H21F2N5O/c1-30-22(13-20(29-30)15-9-10-17(25)18(26)12-15)24(32)28-19-7-3-2-6-16(19)21-14-31-11-5-4-8-23(31)27-21/h2-3,6-7,9-10,12-14H,4-5,8,11H2,1H3,(H,28,32). The number of fused-ring (bicyclic) bond motifs is 1. The van der Waals surface area contributed by atoms with Crippen LogP contribution in [0.5, 0.6) is 0 Å². The molecule has 1 amide bonds. The number of carbonyl (C=O) groups excluding carboxylic acids is 1. The molecule has 5 rings (SSSR count). The monoisotopic (exact) mass is 433 g/mol. The number of nitrogens with one attached hydrogen (secondary N) is 1. The molecular formula is C24H21F2N5O. The van der Waals surface area contributed by atoms with Crippen molar-refractivity contribution in [2.75, 3.05) is 5.32 Å². The number of aryl methyl sites for hydroxylation is 3. The van der Waals surface area contributed by atoms with E-state index in [0.29, 0.717) is 22.6 Å². The number of nitrogens with zero attached hydrogens (tertiary/aromatic N) is 4. The zero-order valence-electron chi connectivity index (χ0n) is 17.5. The lowest BCUT2D eigenvalue weighted by Gasteiger charge is -2.11. The second kappa shape index (κ2) is 8.03. The van der Waals surface area contributed by atoms with Crippen molar-refractivity contribution in [2.24, 2.45) is 7.05 Å². The SMILES string of the molecule is Cn1nc(-c2ccc(F)c(F)c2)cc1C(=O)Nc1ccccc1-c1cn2c(n1)CCCC2. The Kier molecular flexibility index (Phi) is 5.05. The molecule has 0 bridgehead atoms. The summed E-state index contributed by atoms with van der Waals surface area (Å²) in [5.74, 6) is -1.18. The van der Waals surface area contributed by atoms with E-state index in [-0.39, 0.29) is 5.91 Å². The molecule has 6 nitrogen and oxygen atoms in total. The number of imidazole rings is 1. The van der Waals surface area contributed by atoms with Crippen LogP contribution in [0.25, 0.3) is 22.5 Å². The number of para-hydroxylation sites is 1. The maximum absolute atomic E-state index is 13.6. The van der Waals surface area contributed by atoms with Gasteiger partial charge in [-0.15, -0.1) is 0 Å². The largest absolute Gasteiger partial charge is 0.334 e. The van der Waals surface area contributed by atoms with Crippen molar-refractivity contribution in [2.45, 2.75) is 25.8 Å². The lowest BCUT2D eigenvalue weighted by Crippen LogP contribution is -2.16. The number of aromatic nitrogens is 4. The van der Waals surface area contributed by atoms with Gasteiger partial charge in [-0.3, -0.25) is 9.48 Å². The number of hydrogen-bond donors (Lipinski definition) is 1. The highest BCUT2D eigenvalue weighted by atomic mass is 19.2. The zero-order chi connectivity index (χ0) is 22.2. The van der Waals surface area contributed by atoms with E-state index in [4.69, 9.17) is 4.98 Å². The van der Waals surface area contributed by atoms with Gasteiger partial charge in [-0.2, -0.15) is 5.10 Å². The molecule has 2 aromatic carbocycles. The van der Waals surface area contributed by atoms with E-state index in [9.17, 15) is 13.6 Å². The third kappa shape index (κ3) is 3.68. The summed E-state index contributed by atoms with van der Waals surface area (Å²) in [7, 11) is 1.63. The summed E-state index contributed by atoms with van der Waals surface area (Å²) in [6, 6.07) is 12.6. The molecule has 8 heteroatoms. The number of halogens is 2. The minimum absolute atomic E-state index is 0.295. The summed E-state index contributed by atoms with van der Waals surface area (Å²) < 4.78 is 30.5. The summed E-state index contributed by atoms with van der Waals surface area (Å²) in [5, 5.41) is 7.24. The van der Waals surface area contributed by atoms with Gasteiger partial charge in [-0.05, 0) is 43.2 Å². The first-order valence-corrected chi connectivity index (χ1v) is 10.5. The fourth-order valence-corrected chi connectivity index (χ4v) is 4.02. The summed E-state index contributed by atoms with van der Waals surface area (Å²) >= 11 is 0. The van der Waals surface area contributed by atoms with Gasteiger partial charge < -0.3 is 9.88 Å². The average molecular weight is 433 g/mol. The van der Waals surface area contributed by atoms with Crippen molar-refractivity contribution in [3.05, 3.63) is 77.9 Å². The lowest BCUT2D eigenvalue weighted by molar-refractivity contribution is 0.101. The van der Waals surface area contributed by atoms with Crippen molar-refractivity contribution < 1.29 is 13.6 Å². The predicted octanol–water partition coefficient (Wildman–Crippen LogP) is 4.82. The molecule has 0 unspecified atom stereocenters. The number of anilines is 1.